The normalized spacial score (nSPS) is 10.5. The predicted molar refractivity (Wildman–Crippen MR) is 100 cm³/mol. The number of nitrogens with zero attached hydrogens (tertiary/aromatic N) is 3. The fraction of sp³-hybridized carbons (Fsp3) is 0.211. The SMILES string of the molecule is COc1ccc(-c2noc(CN(C)C(=O)c3ccc(Cl)cc3)n2)c(OC)c1. The van der Waals surface area contributed by atoms with E-state index in [1.54, 1.807) is 63.7 Å². The Labute approximate surface area is 161 Å². The summed E-state index contributed by atoms with van der Waals surface area (Å²) in [4.78, 5) is 18.3. The number of hydrogen-bond acceptors (Lipinski definition) is 6. The second kappa shape index (κ2) is 8.09. The maximum Gasteiger partial charge on any atom is 0.254 e. The zero-order chi connectivity index (χ0) is 19.4. The topological polar surface area (TPSA) is 77.7 Å². The fourth-order valence-corrected chi connectivity index (χ4v) is 2.63. The summed E-state index contributed by atoms with van der Waals surface area (Å²) in [6.07, 6.45) is 0. The van der Waals surface area contributed by atoms with Crippen LogP contribution < -0.4 is 9.47 Å². The van der Waals surface area contributed by atoms with Gasteiger partial charge in [-0.05, 0) is 36.4 Å². The third-order valence-corrected chi connectivity index (χ3v) is 4.18. The van der Waals surface area contributed by atoms with Gasteiger partial charge in [0.25, 0.3) is 5.91 Å². The van der Waals surface area contributed by atoms with Gasteiger partial charge in [-0.2, -0.15) is 4.98 Å². The highest BCUT2D eigenvalue weighted by atomic mass is 35.5. The lowest BCUT2D eigenvalue weighted by atomic mass is 10.2. The molecule has 0 bridgehead atoms. The minimum absolute atomic E-state index is 0.173. The molecule has 7 nitrogen and oxygen atoms in total. The minimum atomic E-state index is -0.173. The average Bonchev–Trinajstić information content (AvgIpc) is 3.15. The van der Waals surface area contributed by atoms with E-state index in [0.29, 0.717) is 39.4 Å². The van der Waals surface area contributed by atoms with Crippen LogP contribution in [0.5, 0.6) is 11.5 Å². The van der Waals surface area contributed by atoms with Crippen molar-refractivity contribution >= 4 is 17.5 Å². The lowest BCUT2D eigenvalue weighted by Gasteiger charge is -2.14. The van der Waals surface area contributed by atoms with E-state index in [-0.39, 0.29) is 12.5 Å². The third-order valence-electron chi connectivity index (χ3n) is 3.93. The number of amides is 1. The maximum absolute atomic E-state index is 12.5. The molecule has 1 aromatic heterocycles. The molecule has 0 aliphatic rings. The first-order valence-corrected chi connectivity index (χ1v) is 8.45. The number of carbonyl (C=O) groups excluding carboxylic acids is 1. The molecule has 1 heterocycles. The van der Waals surface area contributed by atoms with Crippen molar-refractivity contribution in [3.8, 4) is 22.9 Å². The van der Waals surface area contributed by atoms with Crippen LogP contribution in [0.1, 0.15) is 16.2 Å². The van der Waals surface area contributed by atoms with E-state index in [0.717, 1.165) is 0 Å². The molecule has 0 N–H and O–H groups in total. The molecule has 8 heteroatoms. The van der Waals surface area contributed by atoms with E-state index in [1.165, 1.54) is 4.90 Å². The van der Waals surface area contributed by atoms with E-state index in [9.17, 15) is 4.79 Å². The molecule has 0 aliphatic heterocycles. The Balaban J connectivity index is 1.76. The average molecular weight is 388 g/mol. The summed E-state index contributed by atoms with van der Waals surface area (Å²) in [5.74, 6) is 1.73. The van der Waals surface area contributed by atoms with Crippen molar-refractivity contribution in [1.82, 2.24) is 15.0 Å². The molecule has 3 rings (SSSR count). The zero-order valence-corrected chi connectivity index (χ0v) is 15.9. The van der Waals surface area contributed by atoms with Gasteiger partial charge in [-0.15, -0.1) is 0 Å². The summed E-state index contributed by atoms with van der Waals surface area (Å²) in [5, 5.41) is 4.56. The van der Waals surface area contributed by atoms with Crippen molar-refractivity contribution in [3.63, 3.8) is 0 Å². The number of ether oxygens (including phenoxy) is 2. The van der Waals surface area contributed by atoms with E-state index >= 15 is 0 Å². The lowest BCUT2D eigenvalue weighted by molar-refractivity contribution is 0.0769. The number of carbonyl (C=O) groups is 1. The monoisotopic (exact) mass is 387 g/mol. The Kier molecular flexibility index (Phi) is 5.61. The van der Waals surface area contributed by atoms with Crippen LogP contribution in [0.2, 0.25) is 5.02 Å². The van der Waals surface area contributed by atoms with Gasteiger partial charge >= 0.3 is 0 Å². The minimum Gasteiger partial charge on any atom is -0.497 e. The maximum atomic E-state index is 12.5. The second-order valence-electron chi connectivity index (χ2n) is 5.75. The van der Waals surface area contributed by atoms with E-state index in [4.69, 9.17) is 25.6 Å². The standard InChI is InChI=1S/C19H18ClN3O4/c1-23(19(24)12-4-6-13(20)7-5-12)11-17-21-18(22-27-17)15-9-8-14(25-2)10-16(15)26-3/h4-10H,11H2,1-3H3. The van der Waals surface area contributed by atoms with Crippen molar-refractivity contribution in [3.05, 3.63) is 58.9 Å². The molecular weight excluding hydrogens is 370 g/mol. The Morgan fingerprint density at radius 1 is 1.15 bits per heavy atom. The smallest absolute Gasteiger partial charge is 0.254 e. The Morgan fingerprint density at radius 3 is 2.56 bits per heavy atom. The molecule has 0 aliphatic carbocycles. The molecule has 0 saturated carbocycles. The summed E-state index contributed by atoms with van der Waals surface area (Å²) in [6.45, 7) is 0.174. The molecule has 140 valence electrons. The number of aromatic nitrogens is 2. The van der Waals surface area contributed by atoms with Gasteiger partial charge in [0.1, 0.15) is 11.5 Å². The molecule has 1 amide bonds. The largest absolute Gasteiger partial charge is 0.497 e. The number of rotatable bonds is 6. The van der Waals surface area contributed by atoms with E-state index < -0.39 is 0 Å². The first kappa shape index (κ1) is 18.7. The number of methoxy groups -OCH3 is 2. The van der Waals surface area contributed by atoms with E-state index in [1.807, 2.05) is 0 Å². The van der Waals surface area contributed by atoms with Crippen LogP contribution in [0.25, 0.3) is 11.4 Å². The van der Waals surface area contributed by atoms with Gasteiger partial charge in [0, 0.05) is 23.7 Å². The van der Waals surface area contributed by atoms with Crippen LogP contribution in [-0.2, 0) is 6.54 Å². The zero-order valence-electron chi connectivity index (χ0n) is 15.1. The number of hydrogen-bond donors (Lipinski definition) is 0. The summed E-state index contributed by atoms with van der Waals surface area (Å²) in [7, 11) is 4.79. The van der Waals surface area contributed by atoms with Gasteiger partial charge in [-0.25, -0.2) is 0 Å². The van der Waals surface area contributed by atoms with Crippen molar-refractivity contribution < 1.29 is 18.8 Å². The quantitative estimate of drug-likeness (QED) is 0.642. The van der Waals surface area contributed by atoms with Crippen LogP contribution in [0.4, 0.5) is 0 Å². The first-order valence-electron chi connectivity index (χ1n) is 8.08. The molecule has 0 saturated heterocycles. The molecule has 0 spiro atoms. The van der Waals surface area contributed by atoms with Crippen LogP contribution in [0.3, 0.4) is 0 Å². The van der Waals surface area contributed by atoms with Crippen LogP contribution in [-0.4, -0.2) is 42.2 Å². The summed E-state index contributed by atoms with van der Waals surface area (Å²) in [5.41, 5.74) is 1.19. The van der Waals surface area contributed by atoms with Gasteiger partial charge < -0.3 is 18.9 Å². The van der Waals surface area contributed by atoms with Crippen LogP contribution >= 0.6 is 11.6 Å². The van der Waals surface area contributed by atoms with Crippen molar-refractivity contribution in [2.75, 3.05) is 21.3 Å². The Bertz CT molecular complexity index is 940. The van der Waals surface area contributed by atoms with Crippen LogP contribution in [0.15, 0.2) is 47.0 Å². The highest BCUT2D eigenvalue weighted by Crippen LogP contribution is 2.31. The predicted octanol–water partition coefficient (Wildman–Crippen LogP) is 3.68. The molecule has 0 radical (unpaired) electrons. The van der Waals surface area contributed by atoms with E-state index in [2.05, 4.69) is 10.1 Å². The van der Waals surface area contributed by atoms with Crippen LogP contribution in [0, 0.1) is 0 Å². The summed E-state index contributed by atoms with van der Waals surface area (Å²) in [6, 6.07) is 12.0. The Hall–Kier alpha value is -3.06. The van der Waals surface area contributed by atoms with Gasteiger partial charge in [0.15, 0.2) is 0 Å². The van der Waals surface area contributed by atoms with Crippen molar-refractivity contribution in [2.45, 2.75) is 6.54 Å². The van der Waals surface area contributed by atoms with Gasteiger partial charge in [-0.3, -0.25) is 4.79 Å². The third kappa shape index (κ3) is 4.20. The summed E-state index contributed by atoms with van der Waals surface area (Å²) < 4.78 is 15.8. The molecule has 0 unspecified atom stereocenters. The van der Waals surface area contributed by atoms with Gasteiger partial charge in [-0.1, -0.05) is 16.8 Å². The fourth-order valence-electron chi connectivity index (χ4n) is 2.50. The highest BCUT2D eigenvalue weighted by molar-refractivity contribution is 6.30. The highest BCUT2D eigenvalue weighted by Gasteiger charge is 2.18. The number of benzene rings is 2. The molecule has 2 aromatic carbocycles. The lowest BCUT2D eigenvalue weighted by Crippen LogP contribution is -2.26. The number of halogens is 1. The van der Waals surface area contributed by atoms with Crippen molar-refractivity contribution in [1.29, 1.82) is 0 Å². The first-order chi connectivity index (χ1) is 13.0. The molecule has 3 aromatic rings. The second-order valence-corrected chi connectivity index (χ2v) is 6.18. The van der Waals surface area contributed by atoms with Gasteiger partial charge in [0.05, 0.1) is 26.3 Å². The Morgan fingerprint density at radius 2 is 1.89 bits per heavy atom. The molecule has 27 heavy (non-hydrogen) atoms. The van der Waals surface area contributed by atoms with Crippen molar-refractivity contribution in [2.24, 2.45) is 0 Å². The molecule has 0 atom stereocenters. The summed E-state index contributed by atoms with van der Waals surface area (Å²) >= 11 is 5.85. The molecule has 0 fully saturated rings. The van der Waals surface area contributed by atoms with Gasteiger partial charge in [0.2, 0.25) is 11.7 Å². The molecular formula is C19H18ClN3O4.